The van der Waals surface area contributed by atoms with Crippen molar-refractivity contribution in [2.24, 2.45) is 5.73 Å². The van der Waals surface area contributed by atoms with Gasteiger partial charge in [0.25, 0.3) is 5.91 Å². The zero-order valence-corrected chi connectivity index (χ0v) is 13.9. The number of nitrogens with zero attached hydrogens (tertiary/aromatic N) is 1. The fourth-order valence-corrected chi connectivity index (χ4v) is 1.95. The molecule has 3 N–H and O–H groups in total. The van der Waals surface area contributed by atoms with Crippen LogP contribution in [0.25, 0.3) is 0 Å². The zero-order valence-electron chi connectivity index (χ0n) is 13.0. The molecule has 0 saturated carbocycles. The van der Waals surface area contributed by atoms with Crippen LogP contribution in [0, 0.1) is 0 Å². The van der Waals surface area contributed by atoms with Crippen LogP contribution in [-0.2, 0) is 6.54 Å². The van der Waals surface area contributed by atoms with Gasteiger partial charge in [-0.25, -0.2) is 0 Å². The minimum Gasteiger partial charge on any atom is -0.493 e. The molecule has 23 heavy (non-hydrogen) atoms. The van der Waals surface area contributed by atoms with E-state index in [0.717, 1.165) is 0 Å². The summed E-state index contributed by atoms with van der Waals surface area (Å²) in [4.78, 5) is 16.3. The molecule has 7 heteroatoms. The number of nitrogens with two attached hydrogens (primary N) is 1. The molecule has 0 fully saturated rings. The Kier molecular flexibility index (Phi) is 7.31. The van der Waals surface area contributed by atoms with E-state index in [-0.39, 0.29) is 24.9 Å². The minimum absolute atomic E-state index is 0. The molecule has 0 aliphatic rings. The lowest BCUT2D eigenvalue weighted by Crippen LogP contribution is -2.13. The molecular weight excluding hydrogens is 318 g/mol. The predicted octanol–water partition coefficient (Wildman–Crippen LogP) is 2.62. The van der Waals surface area contributed by atoms with E-state index < -0.39 is 0 Å². The Labute approximate surface area is 141 Å². The van der Waals surface area contributed by atoms with Gasteiger partial charge in [-0.3, -0.25) is 9.78 Å². The van der Waals surface area contributed by atoms with Crippen molar-refractivity contribution in [3.63, 3.8) is 0 Å². The van der Waals surface area contributed by atoms with Gasteiger partial charge < -0.3 is 20.5 Å². The van der Waals surface area contributed by atoms with Crippen molar-refractivity contribution in [2.45, 2.75) is 13.5 Å². The number of pyridine rings is 1. The number of hydrogen-bond donors (Lipinski definition) is 2. The summed E-state index contributed by atoms with van der Waals surface area (Å²) >= 11 is 0. The molecule has 0 aliphatic carbocycles. The number of nitrogens with one attached hydrogen (secondary N) is 1. The normalized spacial score (nSPS) is 9.70. The van der Waals surface area contributed by atoms with E-state index in [4.69, 9.17) is 15.2 Å². The largest absolute Gasteiger partial charge is 0.493 e. The topological polar surface area (TPSA) is 86.5 Å². The molecule has 1 heterocycles. The minimum atomic E-state index is -0.233. The molecule has 2 rings (SSSR count). The van der Waals surface area contributed by atoms with Crippen molar-refractivity contribution in [2.75, 3.05) is 19.0 Å². The summed E-state index contributed by atoms with van der Waals surface area (Å²) in [6, 6.07) is 8.54. The number of rotatable bonds is 6. The highest BCUT2D eigenvalue weighted by molar-refractivity contribution is 6.04. The van der Waals surface area contributed by atoms with E-state index >= 15 is 0 Å². The van der Waals surface area contributed by atoms with Crippen LogP contribution < -0.4 is 20.5 Å². The lowest BCUT2D eigenvalue weighted by atomic mass is 10.2. The highest BCUT2D eigenvalue weighted by Crippen LogP contribution is 2.30. The summed E-state index contributed by atoms with van der Waals surface area (Å²) in [5.41, 5.74) is 7.32. The first kappa shape index (κ1) is 18.7. The van der Waals surface area contributed by atoms with Crippen molar-refractivity contribution in [3.8, 4) is 11.5 Å². The standard InChI is InChI=1S/C16H19N3O3.ClH/c1-3-22-14-5-4-12(9-15(14)21-2)19-16(20)11-6-7-18-13(8-11)10-17;/h4-9H,3,10,17H2,1-2H3,(H,19,20);1H. The smallest absolute Gasteiger partial charge is 0.255 e. The monoisotopic (exact) mass is 337 g/mol. The third-order valence-corrected chi connectivity index (χ3v) is 3.01. The van der Waals surface area contributed by atoms with Gasteiger partial charge in [-0.2, -0.15) is 0 Å². The van der Waals surface area contributed by atoms with Gasteiger partial charge in [0, 0.05) is 30.1 Å². The van der Waals surface area contributed by atoms with Crippen LogP contribution in [0.4, 0.5) is 5.69 Å². The zero-order chi connectivity index (χ0) is 15.9. The molecule has 0 saturated heterocycles. The van der Waals surface area contributed by atoms with E-state index in [1.54, 1.807) is 43.6 Å². The van der Waals surface area contributed by atoms with Crippen molar-refractivity contribution in [1.82, 2.24) is 4.98 Å². The van der Waals surface area contributed by atoms with E-state index in [2.05, 4.69) is 10.3 Å². The summed E-state index contributed by atoms with van der Waals surface area (Å²) in [5.74, 6) is 0.970. The molecule has 124 valence electrons. The maximum Gasteiger partial charge on any atom is 0.255 e. The first-order valence-electron chi connectivity index (χ1n) is 6.95. The predicted molar refractivity (Wildman–Crippen MR) is 91.5 cm³/mol. The molecule has 0 bridgehead atoms. The number of ether oxygens (including phenoxy) is 2. The summed E-state index contributed by atoms with van der Waals surface area (Å²) in [7, 11) is 1.56. The van der Waals surface area contributed by atoms with Gasteiger partial charge in [-0.1, -0.05) is 0 Å². The number of hydrogen-bond acceptors (Lipinski definition) is 5. The SMILES string of the molecule is CCOc1ccc(NC(=O)c2ccnc(CN)c2)cc1OC.Cl. The van der Waals surface area contributed by atoms with E-state index in [9.17, 15) is 4.79 Å². The Balaban J connectivity index is 0.00000264. The average Bonchev–Trinajstić information content (AvgIpc) is 2.56. The molecule has 6 nitrogen and oxygen atoms in total. The van der Waals surface area contributed by atoms with Gasteiger partial charge in [0.1, 0.15) is 0 Å². The second-order valence-corrected chi connectivity index (χ2v) is 4.49. The van der Waals surface area contributed by atoms with Gasteiger partial charge in [0.2, 0.25) is 0 Å². The summed E-state index contributed by atoms with van der Waals surface area (Å²) in [6.45, 7) is 2.73. The highest BCUT2D eigenvalue weighted by Gasteiger charge is 2.10. The molecule has 1 aromatic carbocycles. The molecule has 0 spiro atoms. The van der Waals surface area contributed by atoms with Crippen LogP contribution in [-0.4, -0.2) is 24.6 Å². The summed E-state index contributed by atoms with van der Waals surface area (Å²) in [5, 5.41) is 2.81. The third kappa shape index (κ3) is 4.84. The number of aromatic nitrogens is 1. The van der Waals surface area contributed by atoms with Crippen molar-refractivity contribution < 1.29 is 14.3 Å². The van der Waals surface area contributed by atoms with Crippen LogP contribution >= 0.6 is 12.4 Å². The van der Waals surface area contributed by atoms with Crippen molar-refractivity contribution in [1.29, 1.82) is 0 Å². The Morgan fingerprint density at radius 1 is 1.26 bits per heavy atom. The van der Waals surface area contributed by atoms with Gasteiger partial charge >= 0.3 is 0 Å². The number of anilines is 1. The highest BCUT2D eigenvalue weighted by atomic mass is 35.5. The van der Waals surface area contributed by atoms with Gasteiger partial charge in [0.05, 0.1) is 19.4 Å². The fraction of sp³-hybridized carbons (Fsp3) is 0.250. The quantitative estimate of drug-likeness (QED) is 0.846. The molecule has 1 aromatic heterocycles. The van der Waals surface area contributed by atoms with Crippen LogP contribution in [0.5, 0.6) is 11.5 Å². The van der Waals surface area contributed by atoms with Crippen LogP contribution in [0.2, 0.25) is 0 Å². The van der Waals surface area contributed by atoms with Crippen molar-refractivity contribution in [3.05, 3.63) is 47.8 Å². The maximum atomic E-state index is 12.2. The Morgan fingerprint density at radius 3 is 2.70 bits per heavy atom. The van der Waals surface area contributed by atoms with Crippen LogP contribution in [0.15, 0.2) is 36.5 Å². The molecule has 0 radical (unpaired) electrons. The number of carbonyl (C=O) groups is 1. The van der Waals surface area contributed by atoms with Crippen LogP contribution in [0.1, 0.15) is 23.0 Å². The molecule has 0 aliphatic heterocycles. The number of carbonyl (C=O) groups excluding carboxylic acids is 1. The first-order valence-corrected chi connectivity index (χ1v) is 6.95. The number of amides is 1. The van der Waals surface area contributed by atoms with Gasteiger partial charge in [-0.15, -0.1) is 12.4 Å². The van der Waals surface area contributed by atoms with Crippen LogP contribution in [0.3, 0.4) is 0 Å². The molecule has 0 atom stereocenters. The summed E-state index contributed by atoms with van der Waals surface area (Å²) < 4.78 is 10.7. The summed E-state index contributed by atoms with van der Waals surface area (Å²) in [6.07, 6.45) is 1.57. The number of methoxy groups -OCH3 is 1. The Morgan fingerprint density at radius 2 is 2.04 bits per heavy atom. The van der Waals surface area contributed by atoms with Gasteiger partial charge in [-0.05, 0) is 31.2 Å². The lowest BCUT2D eigenvalue weighted by Gasteiger charge is -2.12. The second kappa shape index (κ2) is 8.97. The number of benzene rings is 1. The average molecular weight is 338 g/mol. The molecule has 1 amide bonds. The Hall–Kier alpha value is -2.31. The molecular formula is C16H20ClN3O3. The third-order valence-electron chi connectivity index (χ3n) is 3.01. The maximum absolute atomic E-state index is 12.2. The fourth-order valence-electron chi connectivity index (χ4n) is 1.95. The van der Waals surface area contributed by atoms with Crippen molar-refractivity contribution >= 4 is 24.0 Å². The molecule has 2 aromatic rings. The van der Waals surface area contributed by atoms with E-state index in [1.807, 2.05) is 6.92 Å². The number of halogens is 1. The second-order valence-electron chi connectivity index (χ2n) is 4.49. The van der Waals surface area contributed by atoms with E-state index in [1.165, 1.54) is 0 Å². The lowest BCUT2D eigenvalue weighted by molar-refractivity contribution is 0.102. The molecule has 0 unspecified atom stereocenters. The Bertz CT molecular complexity index is 665. The van der Waals surface area contributed by atoms with Gasteiger partial charge in [0.15, 0.2) is 11.5 Å². The first-order chi connectivity index (χ1) is 10.7. The van der Waals surface area contributed by atoms with E-state index in [0.29, 0.717) is 35.1 Å².